The van der Waals surface area contributed by atoms with E-state index in [9.17, 15) is 4.79 Å². The highest BCUT2D eigenvalue weighted by molar-refractivity contribution is 5.78. The number of fused-ring (bicyclic) bond motifs is 1. The molecule has 4 nitrogen and oxygen atoms in total. The minimum atomic E-state index is -0.108. The smallest absolute Gasteiger partial charge is 0.245 e. The second kappa shape index (κ2) is 5.50. The number of furan rings is 1. The van der Waals surface area contributed by atoms with Crippen molar-refractivity contribution in [3.05, 3.63) is 36.1 Å². The van der Waals surface area contributed by atoms with Crippen LogP contribution in [0.2, 0.25) is 0 Å². The molecule has 1 amide bonds. The molecule has 0 unspecified atom stereocenters. The predicted molar refractivity (Wildman–Crippen MR) is 64.8 cm³/mol. The number of methoxy groups -OCH3 is 1. The van der Waals surface area contributed by atoms with Crippen LogP contribution in [0.5, 0.6) is 0 Å². The maximum absolute atomic E-state index is 11.1. The molecule has 0 spiro atoms. The molecular weight excluding hydrogens is 218 g/mol. The van der Waals surface area contributed by atoms with E-state index in [0.717, 1.165) is 16.7 Å². The Morgan fingerprint density at radius 2 is 2.24 bits per heavy atom. The number of rotatable bonds is 5. The summed E-state index contributed by atoms with van der Waals surface area (Å²) in [5.41, 5.74) is 0.880. The minimum Gasteiger partial charge on any atom is -0.461 e. The maximum atomic E-state index is 11.1. The molecule has 0 bridgehead atoms. The van der Waals surface area contributed by atoms with E-state index in [1.807, 2.05) is 30.3 Å². The van der Waals surface area contributed by atoms with E-state index in [1.165, 1.54) is 7.11 Å². The Morgan fingerprint density at radius 3 is 3.00 bits per heavy atom. The van der Waals surface area contributed by atoms with Crippen molar-refractivity contribution < 1.29 is 13.9 Å². The molecule has 17 heavy (non-hydrogen) atoms. The number of hydrogen-bond donors (Lipinski definition) is 1. The Morgan fingerprint density at radius 1 is 1.41 bits per heavy atom. The van der Waals surface area contributed by atoms with E-state index in [2.05, 4.69) is 5.32 Å². The van der Waals surface area contributed by atoms with Crippen molar-refractivity contribution in [3.63, 3.8) is 0 Å². The van der Waals surface area contributed by atoms with Gasteiger partial charge in [0, 0.05) is 25.5 Å². The predicted octanol–water partition coefficient (Wildman–Crippen LogP) is 1.74. The van der Waals surface area contributed by atoms with Gasteiger partial charge in [0.15, 0.2) is 0 Å². The van der Waals surface area contributed by atoms with Crippen molar-refractivity contribution in [3.8, 4) is 0 Å². The van der Waals surface area contributed by atoms with Crippen LogP contribution in [0.3, 0.4) is 0 Å². The first-order chi connectivity index (χ1) is 8.29. The molecule has 0 saturated carbocycles. The van der Waals surface area contributed by atoms with Gasteiger partial charge in [0.25, 0.3) is 0 Å². The Balaban J connectivity index is 1.89. The number of nitrogens with one attached hydrogen (secondary N) is 1. The topological polar surface area (TPSA) is 51.5 Å². The zero-order chi connectivity index (χ0) is 12.1. The van der Waals surface area contributed by atoms with Gasteiger partial charge in [-0.3, -0.25) is 4.79 Å². The summed E-state index contributed by atoms with van der Waals surface area (Å²) in [4.78, 5) is 11.1. The lowest BCUT2D eigenvalue weighted by Crippen LogP contribution is -2.28. The van der Waals surface area contributed by atoms with Gasteiger partial charge >= 0.3 is 0 Å². The van der Waals surface area contributed by atoms with Gasteiger partial charge in [0.05, 0.1) is 0 Å². The number of hydrogen-bond acceptors (Lipinski definition) is 3. The fourth-order valence-corrected chi connectivity index (χ4v) is 1.67. The van der Waals surface area contributed by atoms with Crippen LogP contribution in [0.4, 0.5) is 0 Å². The van der Waals surface area contributed by atoms with Crippen molar-refractivity contribution in [2.75, 3.05) is 20.3 Å². The minimum absolute atomic E-state index is 0.0974. The third-order valence-electron chi connectivity index (χ3n) is 2.45. The van der Waals surface area contributed by atoms with Crippen molar-refractivity contribution >= 4 is 16.9 Å². The molecule has 4 heteroatoms. The van der Waals surface area contributed by atoms with E-state index in [-0.39, 0.29) is 12.5 Å². The maximum Gasteiger partial charge on any atom is 0.245 e. The summed E-state index contributed by atoms with van der Waals surface area (Å²) in [6.45, 7) is 0.655. The van der Waals surface area contributed by atoms with E-state index in [4.69, 9.17) is 9.15 Å². The summed E-state index contributed by atoms with van der Waals surface area (Å²) < 4.78 is 10.3. The average molecular weight is 233 g/mol. The van der Waals surface area contributed by atoms with Gasteiger partial charge < -0.3 is 14.5 Å². The lowest BCUT2D eigenvalue weighted by Gasteiger charge is -2.01. The van der Waals surface area contributed by atoms with Crippen LogP contribution in [0, 0.1) is 0 Å². The highest BCUT2D eigenvalue weighted by Crippen LogP contribution is 2.18. The van der Waals surface area contributed by atoms with Gasteiger partial charge in [-0.05, 0) is 12.1 Å². The molecule has 2 aromatic rings. The number of para-hydroxylation sites is 1. The standard InChI is InChI=1S/C13H15NO3/c1-16-9-13(15)14-7-6-11-8-10-4-2-3-5-12(10)17-11/h2-5,8H,6-7,9H2,1H3,(H,14,15). The molecule has 1 aromatic heterocycles. The third-order valence-corrected chi connectivity index (χ3v) is 2.45. The number of amides is 1. The normalized spacial score (nSPS) is 10.6. The molecule has 0 fully saturated rings. The van der Waals surface area contributed by atoms with Crippen LogP contribution >= 0.6 is 0 Å². The van der Waals surface area contributed by atoms with Gasteiger partial charge in [-0.25, -0.2) is 0 Å². The first-order valence-corrected chi connectivity index (χ1v) is 5.52. The highest BCUT2D eigenvalue weighted by Gasteiger charge is 2.04. The lowest BCUT2D eigenvalue weighted by molar-refractivity contribution is -0.124. The summed E-state index contributed by atoms with van der Waals surface area (Å²) in [6.07, 6.45) is 0.685. The van der Waals surface area contributed by atoms with Crippen LogP contribution < -0.4 is 5.32 Å². The van der Waals surface area contributed by atoms with Crippen molar-refractivity contribution in [1.29, 1.82) is 0 Å². The molecule has 0 saturated heterocycles. The fraction of sp³-hybridized carbons (Fsp3) is 0.308. The summed E-state index contributed by atoms with van der Waals surface area (Å²) in [7, 11) is 1.50. The van der Waals surface area contributed by atoms with Crippen molar-refractivity contribution in [1.82, 2.24) is 5.32 Å². The third kappa shape index (κ3) is 3.07. The fourth-order valence-electron chi connectivity index (χ4n) is 1.67. The first kappa shape index (κ1) is 11.7. The van der Waals surface area contributed by atoms with Gasteiger partial charge in [-0.2, -0.15) is 0 Å². The van der Waals surface area contributed by atoms with Crippen LogP contribution in [0.25, 0.3) is 11.0 Å². The average Bonchev–Trinajstić information content (AvgIpc) is 2.71. The summed E-state index contributed by atoms with van der Waals surface area (Å²) in [5.74, 6) is 0.771. The van der Waals surface area contributed by atoms with Crippen molar-refractivity contribution in [2.24, 2.45) is 0 Å². The van der Waals surface area contributed by atoms with Gasteiger partial charge in [0.1, 0.15) is 18.0 Å². The van der Waals surface area contributed by atoms with E-state index in [1.54, 1.807) is 0 Å². The first-order valence-electron chi connectivity index (χ1n) is 5.52. The molecule has 0 aliphatic rings. The number of benzene rings is 1. The Labute approximate surface area is 99.6 Å². The quantitative estimate of drug-likeness (QED) is 0.855. The number of carbonyl (C=O) groups excluding carboxylic acids is 1. The Bertz CT molecular complexity index is 471. The van der Waals surface area contributed by atoms with Gasteiger partial charge in [0.2, 0.25) is 5.91 Å². The Kier molecular flexibility index (Phi) is 3.77. The number of carbonyl (C=O) groups is 1. The molecular formula is C13H15NO3. The molecule has 1 aromatic carbocycles. The SMILES string of the molecule is COCC(=O)NCCc1cc2ccccc2o1. The molecule has 1 N–H and O–H groups in total. The van der Waals surface area contributed by atoms with Crippen LogP contribution in [-0.2, 0) is 16.0 Å². The van der Waals surface area contributed by atoms with Gasteiger partial charge in [-0.15, -0.1) is 0 Å². The van der Waals surface area contributed by atoms with E-state index >= 15 is 0 Å². The van der Waals surface area contributed by atoms with Crippen LogP contribution in [0.15, 0.2) is 34.7 Å². The van der Waals surface area contributed by atoms with Crippen molar-refractivity contribution in [2.45, 2.75) is 6.42 Å². The largest absolute Gasteiger partial charge is 0.461 e. The summed E-state index contributed by atoms with van der Waals surface area (Å²) in [5, 5.41) is 3.84. The zero-order valence-corrected chi connectivity index (χ0v) is 9.73. The molecule has 1 heterocycles. The Hall–Kier alpha value is -1.81. The lowest BCUT2D eigenvalue weighted by atomic mass is 10.2. The van der Waals surface area contributed by atoms with Crippen LogP contribution in [-0.4, -0.2) is 26.2 Å². The summed E-state index contributed by atoms with van der Waals surface area (Å²) >= 11 is 0. The van der Waals surface area contributed by atoms with Gasteiger partial charge in [-0.1, -0.05) is 18.2 Å². The molecule has 0 radical (unpaired) electrons. The second-order valence-electron chi connectivity index (χ2n) is 3.78. The number of ether oxygens (including phenoxy) is 1. The highest BCUT2D eigenvalue weighted by atomic mass is 16.5. The van der Waals surface area contributed by atoms with Crippen LogP contribution in [0.1, 0.15) is 5.76 Å². The molecule has 2 rings (SSSR count). The van der Waals surface area contributed by atoms with E-state index in [0.29, 0.717) is 13.0 Å². The second-order valence-corrected chi connectivity index (χ2v) is 3.78. The molecule has 0 aliphatic carbocycles. The zero-order valence-electron chi connectivity index (χ0n) is 9.73. The summed E-state index contributed by atoms with van der Waals surface area (Å²) in [6, 6.07) is 9.85. The monoisotopic (exact) mass is 233 g/mol. The molecule has 0 atom stereocenters. The molecule has 0 aliphatic heterocycles. The van der Waals surface area contributed by atoms with E-state index < -0.39 is 0 Å². The molecule has 90 valence electrons.